The van der Waals surface area contributed by atoms with Crippen molar-refractivity contribution in [3.63, 3.8) is 0 Å². The summed E-state index contributed by atoms with van der Waals surface area (Å²) in [5, 5.41) is -0.0530. The lowest BCUT2D eigenvalue weighted by atomic mass is 9.81. The third-order valence-corrected chi connectivity index (χ3v) is 16.4. The Labute approximate surface area is 331 Å². The first-order valence-corrected chi connectivity index (χ1v) is 21.8. The predicted molar refractivity (Wildman–Crippen MR) is 209 cm³/mol. The third-order valence-electron chi connectivity index (χ3n) is 11.9. The molecule has 1 unspecified atom stereocenters. The minimum absolute atomic E-state index is 0.0171. The summed E-state index contributed by atoms with van der Waals surface area (Å²) in [5.41, 5.74) is -3.68. The van der Waals surface area contributed by atoms with E-state index in [0.29, 0.717) is 74.0 Å². The average molecular weight is 824 g/mol. The first kappa shape index (κ1) is 44.1. The molecule has 2 fully saturated rings. The summed E-state index contributed by atoms with van der Waals surface area (Å²) in [6.07, 6.45) is -8.75. The number of hydrogen-bond acceptors (Lipinski definition) is 6. The number of hydrogen-bond donors (Lipinski definition) is 0. The van der Waals surface area contributed by atoms with Crippen LogP contribution in [-0.4, -0.2) is 93.4 Å². The van der Waals surface area contributed by atoms with E-state index in [1.807, 2.05) is 4.90 Å². The number of piperazine rings is 2. The number of carbonyl (C=O) groups excluding carboxylic acids is 2. The number of nitrogens with zero attached hydrogens (tertiary/aromatic N) is 5. The summed E-state index contributed by atoms with van der Waals surface area (Å²) in [7, 11) is -0.816. The minimum Gasteiger partial charge on any atom is -0.415 e. The first-order chi connectivity index (χ1) is 26.1. The quantitative estimate of drug-likeness (QED) is 0.167. The minimum atomic E-state index is -5.10. The average Bonchev–Trinajstić information content (AvgIpc) is 3.11. The largest absolute Gasteiger partial charge is 0.416 e. The van der Waals surface area contributed by atoms with Gasteiger partial charge in [0.05, 0.1) is 41.1 Å². The second-order valence-electron chi connectivity index (χ2n) is 17.3. The zero-order valence-corrected chi connectivity index (χ0v) is 35.1. The number of anilines is 2. The van der Waals surface area contributed by atoms with Crippen LogP contribution in [0.1, 0.15) is 63.8 Å². The lowest BCUT2D eigenvalue weighted by molar-refractivity contribution is -0.143. The van der Waals surface area contributed by atoms with E-state index in [4.69, 9.17) is 9.41 Å². The Morgan fingerprint density at radius 1 is 0.860 bits per heavy atom. The predicted octanol–water partition coefficient (Wildman–Crippen LogP) is 8.92. The Kier molecular flexibility index (Phi) is 12.1. The number of pyridine rings is 1. The van der Waals surface area contributed by atoms with Crippen LogP contribution in [0.2, 0.25) is 18.1 Å². The molecule has 0 aliphatic carbocycles. The fourth-order valence-electron chi connectivity index (χ4n) is 7.26. The number of halogens is 7. The molecule has 2 saturated heterocycles. The monoisotopic (exact) mass is 823 g/mol. The van der Waals surface area contributed by atoms with Crippen molar-refractivity contribution in [2.75, 3.05) is 56.2 Å². The number of aryl methyl sites for hydroxylation is 1. The second kappa shape index (κ2) is 15.6. The number of rotatable bonds is 8. The van der Waals surface area contributed by atoms with Crippen LogP contribution in [0.5, 0.6) is 0 Å². The molecule has 3 heterocycles. The van der Waals surface area contributed by atoms with Crippen LogP contribution in [0, 0.1) is 12.7 Å². The highest BCUT2D eigenvalue weighted by molar-refractivity contribution is 6.74. The van der Waals surface area contributed by atoms with Crippen molar-refractivity contribution in [1.29, 1.82) is 0 Å². The van der Waals surface area contributed by atoms with Crippen LogP contribution in [0.4, 0.5) is 42.2 Å². The number of fused-ring (bicyclic) bond motifs is 1. The van der Waals surface area contributed by atoms with Gasteiger partial charge in [0.1, 0.15) is 11.6 Å². The fraction of sp³-hybridized carbons (Fsp3) is 0.537. The van der Waals surface area contributed by atoms with E-state index in [9.17, 15) is 40.3 Å². The van der Waals surface area contributed by atoms with E-state index in [0.717, 1.165) is 0 Å². The van der Waals surface area contributed by atoms with Gasteiger partial charge in [-0.3, -0.25) is 14.5 Å². The molecule has 57 heavy (non-hydrogen) atoms. The van der Waals surface area contributed by atoms with E-state index in [-0.39, 0.29) is 34.8 Å². The van der Waals surface area contributed by atoms with Crippen LogP contribution in [-0.2, 0) is 31.8 Å². The van der Waals surface area contributed by atoms with Crippen molar-refractivity contribution in [2.24, 2.45) is 0 Å². The Hall–Kier alpha value is -4.02. The summed E-state index contributed by atoms with van der Waals surface area (Å²) in [5.74, 6) is -0.787. The molecule has 0 N–H and O–H groups in total. The summed E-state index contributed by atoms with van der Waals surface area (Å²) < 4.78 is 104. The van der Waals surface area contributed by atoms with Crippen molar-refractivity contribution in [3.8, 4) is 11.1 Å². The Bertz CT molecular complexity index is 1960. The zero-order valence-electron chi connectivity index (χ0n) is 34.1. The standard InChI is InChI=1S/C41H52F7N5O3Si/c1-25-15-30(42)11-12-33(25)34-19-36(53-23-31-21-51(26(2)54)13-14-52(31)22-32(53)24-56-57(9,10)38(3,4)5)49-20-35(34)50(8)37(55)39(6,7)27-16-28(40(43,44)45)18-29(17-27)41(46,47)48/h11-12,15-20,31-32H,13-14,21-24H2,1-10H3/t31?,32-/m0/s1. The van der Waals surface area contributed by atoms with E-state index < -0.39 is 54.5 Å². The molecule has 2 aliphatic rings. The Morgan fingerprint density at radius 2 is 1.46 bits per heavy atom. The van der Waals surface area contributed by atoms with Gasteiger partial charge in [-0.1, -0.05) is 26.8 Å². The van der Waals surface area contributed by atoms with Crippen molar-refractivity contribution in [1.82, 2.24) is 14.8 Å². The molecule has 2 aromatic carbocycles. The van der Waals surface area contributed by atoms with Gasteiger partial charge in [0, 0.05) is 58.3 Å². The van der Waals surface area contributed by atoms with Crippen molar-refractivity contribution in [2.45, 2.75) is 96.4 Å². The van der Waals surface area contributed by atoms with E-state index in [1.54, 1.807) is 26.0 Å². The summed E-state index contributed by atoms with van der Waals surface area (Å²) >= 11 is 0. The Balaban J connectivity index is 1.61. The van der Waals surface area contributed by atoms with E-state index in [2.05, 4.69) is 43.7 Å². The number of amides is 2. The van der Waals surface area contributed by atoms with Crippen LogP contribution < -0.4 is 9.80 Å². The second-order valence-corrected chi connectivity index (χ2v) is 22.1. The van der Waals surface area contributed by atoms with Gasteiger partial charge >= 0.3 is 12.4 Å². The maximum atomic E-state index is 14.5. The molecule has 8 nitrogen and oxygen atoms in total. The number of aromatic nitrogens is 1. The lowest BCUT2D eigenvalue weighted by Gasteiger charge is -2.51. The number of likely N-dealkylation sites (N-methyl/N-ethyl adjacent to an activating group) is 1. The zero-order chi connectivity index (χ0) is 42.6. The van der Waals surface area contributed by atoms with E-state index in [1.165, 1.54) is 44.1 Å². The highest BCUT2D eigenvalue weighted by Gasteiger charge is 2.44. The molecule has 0 bridgehead atoms. The van der Waals surface area contributed by atoms with Gasteiger partial charge in [-0.2, -0.15) is 26.3 Å². The molecule has 0 saturated carbocycles. The normalized spacial score (nSPS) is 18.8. The highest BCUT2D eigenvalue weighted by Crippen LogP contribution is 2.42. The van der Waals surface area contributed by atoms with E-state index >= 15 is 0 Å². The number of benzene rings is 2. The molecular formula is C41H52F7N5O3Si. The van der Waals surface area contributed by atoms with Gasteiger partial charge in [0.15, 0.2) is 8.32 Å². The van der Waals surface area contributed by atoms with Gasteiger partial charge in [-0.25, -0.2) is 9.37 Å². The van der Waals surface area contributed by atoms with Crippen LogP contribution in [0.3, 0.4) is 0 Å². The third kappa shape index (κ3) is 9.33. The lowest BCUT2D eigenvalue weighted by Crippen LogP contribution is -2.67. The van der Waals surface area contributed by atoms with Crippen molar-refractivity contribution >= 4 is 31.6 Å². The molecule has 2 atom stereocenters. The fourth-order valence-corrected chi connectivity index (χ4v) is 8.30. The summed E-state index contributed by atoms with van der Waals surface area (Å²) in [6, 6.07) is 6.91. The van der Waals surface area contributed by atoms with Gasteiger partial charge in [-0.05, 0) is 92.0 Å². The molecule has 312 valence electrons. The van der Waals surface area contributed by atoms with Crippen LogP contribution in [0.25, 0.3) is 11.1 Å². The van der Waals surface area contributed by atoms with Gasteiger partial charge in [0.2, 0.25) is 11.8 Å². The first-order valence-electron chi connectivity index (χ1n) is 18.9. The molecule has 2 amide bonds. The summed E-state index contributed by atoms with van der Waals surface area (Å²) in [4.78, 5) is 39.1. The molecule has 2 aliphatic heterocycles. The molecule has 5 rings (SSSR count). The molecule has 1 aromatic heterocycles. The van der Waals surface area contributed by atoms with Crippen molar-refractivity contribution < 1.29 is 44.7 Å². The van der Waals surface area contributed by atoms with Gasteiger partial charge < -0.3 is 19.1 Å². The van der Waals surface area contributed by atoms with Crippen LogP contribution in [0.15, 0.2) is 48.7 Å². The smallest absolute Gasteiger partial charge is 0.415 e. The number of alkyl halides is 6. The molecule has 0 spiro atoms. The Morgan fingerprint density at radius 3 is 2.00 bits per heavy atom. The topological polar surface area (TPSA) is 69.2 Å². The molecule has 3 aromatic rings. The molecule has 16 heteroatoms. The van der Waals surface area contributed by atoms with Crippen LogP contribution >= 0.6 is 0 Å². The van der Waals surface area contributed by atoms with Gasteiger partial charge in [0.25, 0.3) is 0 Å². The summed E-state index contributed by atoms with van der Waals surface area (Å²) in [6.45, 7) is 19.9. The number of carbonyl (C=O) groups is 2. The molecular weight excluding hydrogens is 772 g/mol. The van der Waals surface area contributed by atoms with Crippen molar-refractivity contribution in [3.05, 3.63) is 76.7 Å². The molecule has 0 radical (unpaired) electrons. The highest BCUT2D eigenvalue weighted by atomic mass is 28.4. The maximum absolute atomic E-state index is 14.5. The van der Waals surface area contributed by atoms with Gasteiger partial charge in [-0.15, -0.1) is 0 Å². The SMILES string of the molecule is CC(=O)N1CCN2C[C@@H](CO[Si](C)(C)C(C)(C)C)N(c3cc(-c4ccc(F)cc4C)c(N(C)C(=O)C(C)(C)c4cc(C(F)(F)F)cc(C(F)(F)F)c4)cn3)CC2C1. The maximum Gasteiger partial charge on any atom is 0.416 e.